The molecule has 0 aliphatic carbocycles. The molecule has 1 N–H and O–H groups in total. The lowest BCUT2D eigenvalue weighted by atomic mass is 10.1. The molecule has 6 heteroatoms. The lowest BCUT2D eigenvalue weighted by molar-refractivity contribution is -0.0778. The summed E-state index contributed by atoms with van der Waals surface area (Å²) in [5.41, 5.74) is 0.459. The van der Waals surface area contributed by atoms with Gasteiger partial charge in [0, 0.05) is 31.9 Å². The Labute approximate surface area is 131 Å². The molecule has 0 saturated carbocycles. The fourth-order valence-electron chi connectivity index (χ4n) is 2.77. The molecule has 1 aromatic rings. The number of pyridine rings is 1. The Morgan fingerprint density at radius 1 is 1.50 bits per heavy atom. The van der Waals surface area contributed by atoms with Crippen LogP contribution < -0.4 is 10.1 Å². The van der Waals surface area contributed by atoms with Crippen LogP contribution in [0, 0.1) is 0 Å². The molecule has 3 atom stereocenters. The smallest absolute Gasteiger partial charge is 0.256 e. The van der Waals surface area contributed by atoms with Gasteiger partial charge in [-0.2, -0.15) is 0 Å². The minimum Gasteiger partial charge on any atom is -0.480 e. The Hall–Kier alpha value is -1.66. The molecule has 6 nitrogen and oxygen atoms in total. The van der Waals surface area contributed by atoms with E-state index in [4.69, 9.17) is 9.47 Å². The highest BCUT2D eigenvalue weighted by molar-refractivity contribution is 5.96. The van der Waals surface area contributed by atoms with Crippen LogP contribution in [0.25, 0.3) is 0 Å². The maximum atomic E-state index is 12.3. The summed E-state index contributed by atoms with van der Waals surface area (Å²) in [4.78, 5) is 18.7. The van der Waals surface area contributed by atoms with Gasteiger partial charge in [-0.3, -0.25) is 9.69 Å². The van der Waals surface area contributed by atoms with E-state index < -0.39 is 0 Å². The van der Waals surface area contributed by atoms with Crippen LogP contribution in [-0.4, -0.2) is 60.8 Å². The summed E-state index contributed by atoms with van der Waals surface area (Å²) in [5.74, 6) is 0.187. The third-order valence-electron chi connectivity index (χ3n) is 3.84. The molecule has 1 aliphatic heterocycles. The Balaban J connectivity index is 1.90. The van der Waals surface area contributed by atoms with Gasteiger partial charge in [-0.05, 0) is 32.9 Å². The molecule has 0 spiro atoms. The molecule has 0 aromatic carbocycles. The van der Waals surface area contributed by atoms with Crippen molar-refractivity contribution in [3.63, 3.8) is 0 Å². The molecule has 1 fully saturated rings. The van der Waals surface area contributed by atoms with Gasteiger partial charge in [0.25, 0.3) is 5.91 Å². The third kappa shape index (κ3) is 4.18. The number of morpholine rings is 1. The Morgan fingerprint density at radius 2 is 2.18 bits per heavy atom. The Kier molecular flexibility index (Phi) is 5.74. The number of aromatic nitrogens is 1. The molecule has 1 aromatic heterocycles. The van der Waals surface area contributed by atoms with E-state index in [-0.39, 0.29) is 24.2 Å². The van der Waals surface area contributed by atoms with Gasteiger partial charge in [0.1, 0.15) is 5.56 Å². The maximum absolute atomic E-state index is 12.3. The monoisotopic (exact) mass is 307 g/mol. The van der Waals surface area contributed by atoms with Crippen molar-refractivity contribution in [2.75, 3.05) is 26.7 Å². The van der Waals surface area contributed by atoms with Crippen molar-refractivity contribution < 1.29 is 14.3 Å². The van der Waals surface area contributed by atoms with Gasteiger partial charge in [-0.15, -0.1) is 0 Å². The zero-order valence-electron chi connectivity index (χ0n) is 13.7. The number of carbonyl (C=O) groups excluding carboxylic acids is 1. The van der Waals surface area contributed by atoms with E-state index in [0.717, 1.165) is 13.1 Å². The first-order valence-electron chi connectivity index (χ1n) is 7.68. The van der Waals surface area contributed by atoms with Gasteiger partial charge in [0.2, 0.25) is 5.88 Å². The summed E-state index contributed by atoms with van der Waals surface area (Å²) in [6.07, 6.45) is 2.05. The number of ether oxygens (including phenoxy) is 2. The molecular weight excluding hydrogens is 282 g/mol. The molecule has 1 saturated heterocycles. The van der Waals surface area contributed by atoms with Gasteiger partial charge in [-0.1, -0.05) is 0 Å². The lowest BCUT2D eigenvalue weighted by Gasteiger charge is -2.39. The van der Waals surface area contributed by atoms with E-state index in [1.165, 1.54) is 7.11 Å². The fourth-order valence-corrected chi connectivity index (χ4v) is 2.77. The SMILES string of the molecule is COc1ncccc1C(=O)NC[C@H](C)N1C[C@H](C)O[C@@H](C)C1. The van der Waals surface area contributed by atoms with Crippen molar-refractivity contribution in [3.8, 4) is 5.88 Å². The summed E-state index contributed by atoms with van der Waals surface area (Å²) in [6.45, 7) is 8.62. The average Bonchev–Trinajstić information content (AvgIpc) is 2.51. The van der Waals surface area contributed by atoms with Crippen molar-refractivity contribution >= 4 is 5.91 Å². The molecule has 2 heterocycles. The molecule has 0 unspecified atom stereocenters. The van der Waals surface area contributed by atoms with Gasteiger partial charge < -0.3 is 14.8 Å². The van der Waals surface area contributed by atoms with Crippen LogP contribution in [0.15, 0.2) is 18.3 Å². The molecule has 1 amide bonds. The Morgan fingerprint density at radius 3 is 2.82 bits per heavy atom. The van der Waals surface area contributed by atoms with Crippen LogP contribution in [0.1, 0.15) is 31.1 Å². The summed E-state index contributed by atoms with van der Waals surface area (Å²) in [5, 5.41) is 2.96. The van der Waals surface area contributed by atoms with Crippen molar-refractivity contribution in [2.45, 2.75) is 39.0 Å². The molecule has 0 bridgehead atoms. The summed E-state index contributed by atoms with van der Waals surface area (Å²) in [7, 11) is 1.51. The minimum absolute atomic E-state index is 0.161. The standard InChI is InChI=1S/C16H25N3O3/c1-11(19-9-12(2)22-13(3)10-19)8-18-15(20)14-6-5-7-17-16(14)21-4/h5-7,11-13H,8-10H2,1-4H3,(H,18,20)/t11-,12-,13-/m0/s1. The largest absolute Gasteiger partial charge is 0.480 e. The van der Waals surface area contributed by atoms with Crippen LogP contribution in [0.5, 0.6) is 5.88 Å². The first kappa shape index (κ1) is 16.7. The minimum atomic E-state index is -0.161. The zero-order chi connectivity index (χ0) is 16.1. The normalized spacial score (nSPS) is 23.8. The van der Waals surface area contributed by atoms with Crippen LogP contribution in [0.4, 0.5) is 0 Å². The number of carbonyl (C=O) groups is 1. The number of nitrogens with zero attached hydrogens (tertiary/aromatic N) is 2. The van der Waals surface area contributed by atoms with E-state index >= 15 is 0 Å². The average molecular weight is 307 g/mol. The van der Waals surface area contributed by atoms with Gasteiger partial charge >= 0.3 is 0 Å². The molecule has 2 rings (SSSR count). The number of hydrogen-bond donors (Lipinski definition) is 1. The highest BCUT2D eigenvalue weighted by Crippen LogP contribution is 2.15. The van der Waals surface area contributed by atoms with E-state index in [1.807, 2.05) is 0 Å². The van der Waals surface area contributed by atoms with Crippen molar-refractivity contribution in [3.05, 3.63) is 23.9 Å². The van der Waals surface area contributed by atoms with Crippen molar-refractivity contribution in [2.24, 2.45) is 0 Å². The predicted molar refractivity (Wildman–Crippen MR) is 84.2 cm³/mol. The van der Waals surface area contributed by atoms with E-state index in [9.17, 15) is 4.79 Å². The first-order chi connectivity index (χ1) is 10.5. The second-order valence-corrected chi connectivity index (χ2v) is 5.83. The lowest BCUT2D eigenvalue weighted by Crippen LogP contribution is -2.52. The second kappa shape index (κ2) is 7.56. The number of rotatable bonds is 5. The van der Waals surface area contributed by atoms with Crippen molar-refractivity contribution in [1.29, 1.82) is 0 Å². The van der Waals surface area contributed by atoms with E-state index in [2.05, 4.69) is 36.0 Å². The van der Waals surface area contributed by atoms with Crippen molar-refractivity contribution in [1.82, 2.24) is 15.2 Å². The highest BCUT2D eigenvalue weighted by atomic mass is 16.5. The molecule has 1 aliphatic rings. The van der Waals surface area contributed by atoms with Crippen LogP contribution in [0.2, 0.25) is 0 Å². The molecular formula is C16H25N3O3. The number of amides is 1. The number of nitrogens with one attached hydrogen (secondary N) is 1. The fraction of sp³-hybridized carbons (Fsp3) is 0.625. The van der Waals surface area contributed by atoms with E-state index in [0.29, 0.717) is 18.0 Å². The number of methoxy groups -OCH3 is 1. The summed E-state index contributed by atoms with van der Waals surface area (Å²) in [6, 6.07) is 3.69. The molecule has 0 radical (unpaired) electrons. The number of hydrogen-bond acceptors (Lipinski definition) is 5. The molecule has 122 valence electrons. The van der Waals surface area contributed by atoms with Gasteiger partial charge in [0.15, 0.2) is 0 Å². The quantitative estimate of drug-likeness (QED) is 0.889. The summed E-state index contributed by atoms with van der Waals surface area (Å²) < 4.78 is 10.9. The highest BCUT2D eigenvalue weighted by Gasteiger charge is 2.26. The van der Waals surface area contributed by atoms with Crippen LogP contribution in [0.3, 0.4) is 0 Å². The topological polar surface area (TPSA) is 63.7 Å². The summed E-state index contributed by atoms with van der Waals surface area (Å²) >= 11 is 0. The third-order valence-corrected chi connectivity index (χ3v) is 3.84. The molecule has 22 heavy (non-hydrogen) atoms. The maximum Gasteiger partial charge on any atom is 0.256 e. The van der Waals surface area contributed by atoms with Gasteiger partial charge in [0.05, 0.1) is 19.3 Å². The van der Waals surface area contributed by atoms with Gasteiger partial charge in [-0.25, -0.2) is 4.98 Å². The van der Waals surface area contributed by atoms with Crippen LogP contribution >= 0.6 is 0 Å². The Bertz CT molecular complexity index is 499. The van der Waals surface area contributed by atoms with Crippen LogP contribution in [-0.2, 0) is 4.74 Å². The predicted octanol–water partition coefficient (Wildman–Crippen LogP) is 1.32. The first-order valence-corrected chi connectivity index (χ1v) is 7.68. The second-order valence-electron chi connectivity index (χ2n) is 5.83. The zero-order valence-corrected chi connectivity index (χ0v) is 13.7. The van der Waals surface area contributed by atoms with E-state index in [1.54, 1.807) is 18.3 Å².